The summed E-state index contributed by atoms with van der Waals surface area (Å²) < 4.78 is 0. The Morgan fingerprint density at radius 2 is 0.444 bits per heavy atom. The molecule has 254 valence electrons. The average molecular weight is 728 g/mol. The van der Waals surface area contributed by atoms with Crippen LogP contribution in [0, 0.1) is 0 Å². The SMILES string of the molecule is CC[PH](CC)(c1ccccc1)[Ni]([PH](CC)(CC)c1ccccc1)([PH](CC)(CC)c1ccccc1)[PH](CC)(CC)c1ccccc1. The van der Waals surface area contributed by atoms with E-state index in [1.807, 2.05) is 0 Å². The van der Waals surface area contributed by atoms with Crippen molar-refractivity contribution < 1.29 is 10.7 Å². The molecule has 0 aliphatic heterocycles. The summed E-state index contributed by atoms with van der Waals surface area (Å²) in [5.41, 5.74) is 0. The topological polar surface area (TPSA) is 0 Å². The second-order valence-electron chi connectivity index (χ2n) is 12.4. The van der Waals surface area contributed by atoms with Crippen LogP contribution in [-0.2, 0) is 10.7 Å². The van der Waals surface area contributed by atoms with E-state index in [-0.39, 0.29) is 0 Å². The van der Waals surface area contributed by atoms with Crippen LogP contribution >= 0.6 is 24.1 Å². The Morgan fingerprint density at radius 3 is 0.578 bits per heavy atom. The van der Waals surface area contributed by atoms with Gasteiger partial charge in [0.05, 0.1) is 0 Å². The van der Waals surface area contributed by atoms with Crippen molar-refractivity contribution in [3.05, 3.63) is 121 Å². The van der Waals surface area contributed by atoms with Gasteiger partial charge in [-0.05, 0) is 0 Å². The summed E-state index contributed by atoms with van der Waals surface area (Å²) in [5.74, 6) is 0. The maximum absolute atomic E-state index is 2.66. The van der Waals surface area contributed by atoms with E-state index in [4.69, 9.17) is 0 Å². The Bertz CT molecular complexity index is 1200. The Morgan fingerprint density at radius 1 is 0.289 bits per heavy atom. The van der Waals surface area contributed by atoms with Crippen molar-refractivity contribution in [2.75, 3.05) is 49.3 Å². The van der Waals surface area contributed by atoms with Crippen LogP contribution in [0.4, 0.5) is 0 Å². The zero-order valence-electron chi connectivity index (χ0n) is 29.5. The van der Waals surface area contributed by atoms with Crippen LogP contribution in [0.2, 0.25) is 0 Å². The van der Waals surface area contributed by atoms with Crippen LogP contribution in [0.15, 0.2) is 121 Å². The number of hydrogen-bond donors (Lipinski definition) is 0. The fraction of sp³-hybridized carbons (Fsp3) is 0.400. The summed E-state index contributed by atoms with van der Waals surface area (Å²) in [4.78, 5) is 0. The molecule has 0 radical (unpaired) electrons. The van der Waals surface area contributed by atoms with Crippen LogP contribution in [0.3, 0.4) is 0 Å². The molecule has 4 aromatic carbocycles. The van der Waals surface area contributed by atoms with Gasteiger partial charge in [0, 0.05) is 0 Å². The van der Waals surface area contributed by atoms with E-state index in [9.17, 15) is 0 Å². The Balaban J connectivity index is 2.52. The second kappa shape index (κ2) is 16.0. The van der Waals surface area contributed by atoms with Crippen molar-refractivity contribution in [2.45, 2.75) is 55.4 Å². The third-order valence-corrected chi connectivity index (χ3v) is 103. The number of benzene rings is 4. The minimum atomic E-state index is -2.20. The minimum absolute atomic E-state index is 1.36. The Labute approximate surface area is 280 Å². The quantitative estimate of drug-likeness (QED) is 0.0797. The molecule has 0 bridgehead atoms. The normalized spacial score (nSPS) is 16.4. The van der Waals surface area contributed by atoms with Crippen LogP contribution in [-0.4, -0.2) is 49.3 Å². The van der Waals surface area contributed by atoms with Crippen molar-refractivity contribution in [3.8, 4) is 0 Å². The molecule has 0 aliphatic carbocycles. The molecular weight excluding hydrogens is 663 g/mol. The van der Waals surface area contributed by atoms with Crippen LogP contribution in [0.5, 0.6) is 0 Å². The van der Waals surface area contributed by atoms with E-state index in [2.05, 4.69) is 177 Å². The van der Waals surface area contributed by atoms with E-state index in [1.54, 1.807) is 21.2 Å². The van der Waals surface area contributed by atoms with E-state index in [0.717, 1.165) is 0 Å². The third kappa shape index (κ3) is 5.49. The van der Waals surface area contributed by atoms with Gasteiger partial charge in [0.2, 0.25) is 0 Å². The summed E-state index contributed by atoms with van der Waals surface area (Å²) in [5, 5.41) is 7.14. The van der Waals surface area contributed by atoms with Crippen LogP contribution in [0.1, 0.15) is 55.4 Å². The molecule has 0 nitrogen and oxygen atoms in total. The molecule has 0 fully saturated rings. The van der Waals surface area contributed by atoms with Crippen molar-refractivity contribution in [2.24, 2.45) is 0 Å². The van der Waals surface area contributed by atoms with Crippen molar-refractivity contribution in [1.82, 2.24) is 0 Å². The van der Waals surface area contributed by atoms with E-state index in [1.165, 1.54) is 49.3 Å². The fourth-order valence-corrected chi connectivity index (χ4v) is 150. The summed E-state index contributed by atoms with van der Waals surface area (Å²) in [6, 6.07) is 40.5. The molecule has 0 N–H and O–H groups in total. The van der Waals surface area contributed by atoms with Crippen molar-refractivity contribution in [1.29, 1.82) is 0 Å². The van der Waals surface area contributed by atoms with E-state index >= 15 is 0 Å². The first-order chi connectivity index (χ1) is 21.9. The molecule has 0 amide bonds. The zero-order chi connectivity index (χ0) is 32.6. The van der Waals surface area contributed by atoms with E-state index in [0.29, 0.717) is 0 Å². The van der Waals surface area contributed by atoms with Crippen molar-refractivity contribution in [3.63, 3.8) is 0 Å². The molecule has 0 spiro atoms. The fourth-order valence-electron chi connectivity index (χ4n) is 9.17. The first kappa shape index (κ1) is 36.9. The van der Waals surface area contributed by atoms with Gasteiger partial charge >= 0.3 is 282 Å². The van der Waals surface area contributed by atoms with Gasteiger partial charge in [-0.3, -0.25) is 0 Å². The Hall–Kier alpha value is -0.906. The molecule has 0 atom stereocenters. The predicted molar refractivity (Wildman–Crippen MR) is 222 cm³/mol. The molecule has 45 heavy (non-hydrogen) atoms. The number of hydrogen-bond acceptors (Lipinski definition) is 0. The van der Waals surface area contributed by atoms with Gasteiger partial charge in [-0.25, -0.2) is 0 Å². The van der Waals surface area contributed by atoms with Gasteiger partial charge in [-0.1, -0.05) is 0 Å². The van der Waals surface area contributed by atoms with Crippen LogP contribution in [0.25, 0.3) is 0 Å². The van der Waals surface area contributed by atoms with E-state index < -0.39 is 34.8 Å². The summed E-state index contributed by atoms with van der Waals surface area (Å²) in [6.45, 7) is 21.3. The molecule has 0 saturated heterocycles. The Kier molecular flexibility index (Phi) is 13.1. The third-order valence-electron chi connectivity index (χ3n) is 11.2. The molecule has 0 saturated carbocycles. The van der Waals surface area contributed by atoms with Gasteiger partial charge in [-0.2, -0.15) is 0 Å². The first-order valence-corrected chi connectivity index (χ1v) is 32.6. The molecule has 0 heterocycles. The summed E-state index contributed by atoms with van der Waals surface area (Å²) in [7, 11) is -1.46. The van der Waals surface area contributed by atoms with Crippen LogP contribution < -0.4 is 21.2 Å². The standard InChI is InChI=1S/4C10H15P.Ni/c4*1-3-11(4-2)10-8-6-5-7-9-10;/h4*5-9H,3-4H2,1-2H3;/q;;;;-4/p+4. The predicted octanol–water partition coefficient (Wildman–Crippen LogP) is 10.3. The monoisotopic (exact) mass is 726 g/mol. The molecule has 0 aliphatic rings. The zero-order valence-corrected chi connectivity index (χ0v) is 34.5. The van der Waals surface area contributed by atoms with Gasteiger partial charge in [0.1, 0.15) is 0 Å². The molecular formula is C40H64NiP4. The molecule has 0 aromatic heterocycles. The molecule has 0 unspecified atom stereocenters. The maximum atomic E-state index is 2.66. The molecule has 4 aromatic rings. The van der Waals surface area contributed by atoms with Crippen molar-refractivity contribution >= 4 is 45.4 Å². The summed E-state index contributed by atoms with van der Waals surface area (Å²) >= 11 is 0. The summed E-state index contributed by atoms with van der Waals surface area (Å²) in [6.07, 6.45) is 10.9. The molecule has 4 rings (SSSR count). The van der Waals surface area contributed by atoms with Gasteiger partial charge in [0.15, 0.2) is 0 Å². The number of rotatable bonds is 16. The average Bonchev–Trinajstić information content (AvgIpc) is 3.13. The van der Waals surface area contributed by atoms with Gasteiger partial charge < -0.3 is 0 Å². The van der Waals surface area contributed by atoms with Gasteiger partial charge in [0.25, 0.3) is 0 Å². The second-order valence-corrected chi connectivity index (χ2v) is 56.1. The first-order valence-electron chi connectivity index (χ1n) is 17.8. The molecule has 5 heteroatoms. The van der Waals surface area contributed by atoms with Gasteiger partial charge in [-0.15, -0.1) is 0 Å².